The van der Waals surface area contributed by atoms with Gasteiger partial charge in [-0.05, 0) is 51.8 Å². The third-order valence-corrected chi connectivity index (χ3v) is 4.59. The smallest absolute Gasteiger partial charge is 0.0608 e. The van der Waals surface area contributed by atoms with E-state index in [2.05, 4.69) is 40.8 Å². The first kappa shape index (κ1) is 12.9. The van der Waals surface area contributed by atoms with E-state index in [0.29, 0.717) is 0 Å². The van der Waals surface area contributed by atoms with Gasteiger partial charge in [0.15, 0.2) is 0 Å². The van der Waals surface area contributed by atoms with Crippen LogP contribution in [0.1, 0.15) is 37.1 Å². The summed E-state index contributed by atoms with van der Waals surface area (Å²) in [4.78, 5) is 9.90. The predicted octanol–water partition coefficient (Wildman–Crippen LogP) is 2.76. The Bertz CT molecular complexity index is 444. The molecule has 1 atom stereocenters. The number of fused-ring (bicyclic) bond motifs is 1. The molecular weight excluding hydrogens is 234 g/mol. The molecule has 2 saturated heterocycles. The minimum Gasteiger partial charge on any atom is -0.368 e. The molecule has 0 saturated carbocycles. The van der Waals surface area contributed by atoms with Crippen LogP contribution in [0.2, 0.25) is 0 Å². The molecule has 3 heterocycles. The van der Waals surface area contributed by atoms with E-state index in [1.807, 2.05) is 0 Å². The molecule has 2 aliphatic heterocycles. The average molecular weight is 259 g/mol. The van der Waals surface area contributed by atoms with Gasteiger partial charge >= 0.3 is 0 Å². The number of hydrogen-bond donors (Lipinski definition) is 0. The van der Waals surface area contributed by atoms with Crippen LogP contribution < -0.4 is 4.90 Å². The van der Waals surface area contributed by atoms with Crippen molar-refractivity contribution in [2.24, 2.45) is 0 Å². The quantitative estimate of drug-likeness (QED) is 0.773. The van der Waals surface area contributed by atoms with Crippen LogP contribution in [0.25, 0.3) is 0 Å². The van der Waals surface area contributed by atoms with Crippen molar-refractivity contribution >= 4 is 5.69 Å². The number of pyridine rings is 1. The number of nitrogens with zero attached hydrogens (tertiary/aromatic N) is 3. The van der Waals surface area contributed by atoms with Crippen molar-refractivity contribution in [2.45, 2.75) is 45.6 Å². The van der Waals surface area contributed by atoms with Gasteiger partial charge in [0.1, 0.15) is 0 Å². The zero-order valence-corrected chi connectivity index (χ0v) is 12.2. The molecule has 2 fully saturated rings. The molecule has 0 N–H and O–H groups in total. The van der Waals surface area contributed by atoms with E-state index < -0.39 is 0 Å². The Hall–Kier alpha value is -1.09. The molecule has 0 spiro atoms. The molecule has 0 aliphatic carbocycles. The fourth-order valence-electron chi connectivity index (χ4n) is 3.60. The number of piperidine rings is 1. The predicted molar refractivity (Wildman–Crippen MR) is 79.8 cm³/mol. The second-order valence-corrected chi connectivity index (χ2v) is 6.04. The molecule has 0 bridgehead atoms. The van der Waals surface area contributed by atoms with Crippen molar-refractivity contribution in [2.75, 3.05) is 31.1 Å². The van der Waals surface area contributed by atoms with Crippen molar-refractivity contribution in [1.29, 1.82) is 0 Å². The Labute approximate surface area is 116 Å². The number of aromatic nitrogens is 1. The van der Waals surface area contributed by atoms with Crippen LogP contribution in [0.15, 0.2) is 12.1 Å². The van der Waals surface area contributed by atoms with Gasteiger partial charge in [0.05, 0.1) is 11.4 Å². The molecule has 19 heavy (non-hydrogen) atoms. The van der Waals surface area contributed by atoms with E-state index in [9.17, 15) is 0 Å². The molecular formula is C16H25N3. The van der Waals surface area contributed by atoms with Gasteiger partial charge in [-0.15, -0.1) is 0 Å². The standard InChI is InChI=1S/C16H25N3/c1-13-7-8-16(14(2)17-13)19-11-5-10-18-9-4-3-6-15(18)12-19/h7-8,15H,3-6,9-12H2,1-2H3. The zero-order chi connectivity index (χ0) is 13.2. The fraction of sp³-hybridized carbons (Fsp3) is 0.688. The van der Waals surface area contributed by atoms with Gasteiger partial charge in [0.25, 0.3) is 0 Å². The maximum Gasteiger partial charge on any atom is 0.0608 e. The minimum absolute atomic E-state index is 0.761. The van der Waals surface area contributed by atoms with E-state index in [-0.39, 0.29) is 0 Å². The first-order chi connectivity index (χ1) is 9.24. The second-order valence-electron chi connectivity index (χ2n) is 6.04. The summed E-state index contributed by atoms with van der Waals surface area (Å²) in [7, 11) is 0. The summed E-state index contributed by atoms with van der Waals surface area (Å²) in [6, 6.07) is 5.17. The third-order valence-electron chi connectivity index (χ3n) is 4.59. The van der Waals surface area contributed by atoms with Crippen LogP contribution in [0, 0.1) is 13.8 Å². The first-order valence-corrected chi connectivity index (χ1v) is 7.67. The number of anilines is 1. The third kappa shape index (κ3) is 2.76. The molecule has 1 aromatic rings. The lowest BCUT2D eigenvalue weighted by molar-refractivity contribution is 0.162. The average Bonchev–Trinajstić information content (AvgIpc) is 2.60. The van der Waals surface area contributed by atoms with Crippen LogP contribution in [-0.4, -0.2) is 42.1 Å². The van der Waals surface area contributed by atoms with Crippen LogP contribution in [0.3, 0.4) is 0 Å². The summed E-state index contributed by atoms with van der Waals surface area (Å²) in [5.41, 5.74) is 3.65. The Kier molecular flexibility index (Phi) is 3.74. The summed E-state index contributed by atoms with van der Waals surface area (Å²) in [6.45, 7) is 9.17. The highest BCUT2D eigenvalue weighted by Gasteiger charge is 2.27. The maximum absolute atomic E-state index is 4.63. The number of aryl methyl sites for hydroxylation is 2. The normalized spacial score (nSPS) is 24.9. The van der Waals surface area contributed by atoms with Crippen molar-refractivity contribution in [3.8, 4) is 0 Å². The fourth-order valence-corrected chi connectivity index (χ4v) is 3.60. The highest BCUT2D eigenvalue weighted by Crippen LogP contribution is 2.26. The van der Waals surface area contributed by atoms with Gasteiger partial charge in [-0.2, -0.15) is 0 Å². The van der Waals surface area contributed by atoms with E-state index >= 15 is 0 Å². The molecule has 1 unspecified atom stereocenters. The topological polar surface area (TPSA) is 19.4 Å². The SMILES string of the molecule is Cc1ccc(N2CCCN3CCCCC3C2)c(C)n1. The van der Waals surface area contributed by atoms with Gasteiger partial charge in [-0.3, -0.25) is 9.88 Å². The summed E-state index contributed by atoms with van der Waals surface area (Å²) < 4.78 is 0. The minimum atomic E-state index is 0.761. The van der Waals surface area contributed by atoms with E-state index in [0.717, 1.165) is 11.7 Å². The van der Waals surface area contributed by atoms with E-state index in [4.69, 9.17) is 0 Å². The highest BCUT2D eigenvalue weighted by atomic mass is 15.2. The largest absolute Gasteiger partial charge is 0.368 e. The molecule has 1 aromatic heterocycles. The number of rotatable bonds is 1. The van der Waals surface area contributed by atoms with Crippen molar-refractivity contribution < 1.29 is 0 Å². The lowest BCUT2D eigenvalue weighted by atomic mass is 10.0. The molecule has 3 nitrogen and oxygen atoms in total. The van der Waals surface area contributed by atoms with E-state index in [1.54, 1.807) is 0 Å². The van der Waals surface area contributed by atoms with Crippen LogP contribution >= 0.6 is 0 Å². The molecule has 3 heteroatoms. The highest BCUT2D eigenvalue weighted by molar-refractivity contribution is 5.51. The van der Waals surface area contributed by atoms with Gasteiger partial charge < -0.3 is 4.90 Å². The van der Waals surface area contributed by atoms with Crippen LogP contribution in [-0.2, 0) is 0 Å². The maximum atomic E-state index is 4.63. The summed E-state index contributed by atoms with van der Waals surface area (Å²) in [6.07, 6.45) is 5.44. The Morgan fingerprint density at radius 1 is 1.05 bits per heavy atom. The van der Waals surface area contributed by atoms with Gasteiger partial charge in [-0.1, -0.05) is 6.42 Å². The van der Waals surface area contributed by atoms with Crippen LogP contribution in [0.5, 0.6) is 0 Å². The van der Waals surface area contributed by atoms with Crippen molar-refractivity contribution in [3.05, 3.63) is 23.5 Å². The second kappa shape index (κ2) is 5.49. The lowest BCUT2D eigenvalue weighted by Gasteiger charge is -2.36. The molecule has 0 aromatic carbocycles. The molecule has 0 radical (unpaired) electrons. The van der Waals surface area contributed by atoms with Gasteiger partial charge in [-0.25, -0.2) is 0 Å². The Balaban J connectivity index is 1.80. The van der Waals surface area contributed by atoms with Gasteiger partial charge in [0.2, 0.25) is 0 Å². The molecule has 2 aliphatic rings. The monoisotopic (exact) mass is 259 g/mol. The van der Waals surface area contributed by atoms with Crippen LogP contribution in [0.4, 0.5) is 5.69 Å². The van der Waals surface area contributed by atoms with Gasteiger partial charge in [0, 0.05) is 31.4 Å². The molecule has 0 amide bonds. The first-order valence-electron chi connectivity index (χ1n) is 7.67. The Morgan fingerprint density at radius 2 is 1.89 bits per heavy atom. The zero-order valence-electron chi connectivity index (χ0n) is 12.2. The summed E-state index contributed by atoms with van der Waals surface area (Å²) >= 11 is 0. The summed E-state index contributed by atoms with van der Waals surface area (Å²) in [5.74, 6) is 0. The molecule has 3 rings (SSSR count). The summed E-state index contributed by atoms with van der Waals surface area (Å²) in [5, 5.41) is 0. The van der Waals surface area contributed by atoms with E-state index in [1.165, 1.54) is 63.2 Å². The molecule has 104 valence electrons. The number of hydrogen-bond acceptors (Lipinski definition) is 3. The lowest BCUT2D eigenvalue weighted by Crippen LogP contribution is -2.44. The Morgan fingerprint density at radius 3 is 2.74 bits per heavy atom. The van der Waals surface area contributed by atoms with Crippen molar-refractivity contribution in [1.82, 2.24) is 9.88 Å². The van der Waals surface area contributed by atoms with Crippen molar-refractivity contribution in [3.63, 3.8) is 0 Å².